The van der Waals surface area contributed by atoms with Gasteiger partial charge in [0.2, 0.25) is 0 Å². The number of pyridine rings is 1. The Bertz CT molecular complexity index is 616. The number of hydrogen-bond acceptors (Lipinski definition) is 6. The van der Waals surface area contributed by atoms with Gasteiger partial charge in [0, 0.05) is 18.2 Å². The zero-order valence-electron chi connectivity index (χ0n) is 11.9. The lowest BCUT2D eigenvalue weighted by atomic mass is 10.1. The van der Waals surface area contributed by atoms with Gasteiger partial charge < -0.3 is 19.9 Å². The number of nitrogens with zero attached hydrogens (tertiary/aromatic N) is 1. The Kier molecular flexibility index (Phi) is 5.48. The van der Waals surface area contributed by atoms with E-state index in [0.29, 0.717) is 31.0 Å². The lowest BCUT2D eigenvalue weighted by molar-refractivity contribution is 0.0210. The average molecular weight is 290 g/mol. The van der Waals surface area contributed by atoms with Gasteiger partial charge in [-0.05, 0) is 12.1 Å². The van der Waals surface area contributed by atoms with Gasteiger partial charge >= 0.3 is 5.97 Å². The van der Waals surface area contributed by atoms with Crippen molar-refractivity contribution in [1.82, 2.24) is 4.98 Å². The van der Waals surface area contributed by atoms with Gasteiger partial charge in [0.1, 0.15) is 6.61 Å². The van der Waals surface area contributed by atoms with E-state index >= 15 is 0 Å². The molecule has 1 heterocycles. The van der Waals surface area contributed by atoms with Crippen molar-refractivity contribution in [3.8, 4) is 0 Å². The lowest BCUT2D eigenvalue weighted by Crippen LogP contribution is -2.14. The monoisotopic (exact) mass is 290 g/mol. The van der Waals surface area contributed by atoms with Crippen molar-refractivity contribution in [1.29, 1.82) is 0 Å². The van der Waals surface area contributed by atoms with Gasteiger partial charge in [0.25, 0.3) is 0 Å². The molecule has 2 N–H and O–H groups in total. The molecule has 0 amide bonds. The smallest absolute Gasteiger partial charge is 0.357 e. The minimum atomic E-state index is -0.511. The fourth-order valence-electron chi connectivity index (χ4n) is 1.82. The molecular formula is C15H18N2O4. The second-order valence-corrected chi connectivity index (χ2v) is 4.35. The van der Waals surface area contributed by atoms with Gasteiger partial charge in [0.15, 0.2) is 5.69 Å². The number of carbonyl (C=O) groups is 1. The predicted octanol–water partition coefficient (Wildman–Crippen LogP) is 1.64. The first-order valence-corrected chi connectivity index (χ1v) is 6.61. The standard InChI is InChI=1S/C15H18N2O4/c1-19-6-7-20-8-9-21-15(18)14-10-12(16)11-4-2-3-5-13(11)17-14/h2-5,10H,6-9H2,1H3,(H2,16,17). The zero-order chi connectivity index (χ0) is 15.1. The van der Waals surface area contributed by atoms with E-state index in [2.05, 4.69) is 4.98 Å². The van der Waals surface area contributed by atoms with E-state index in [0.717, 1.165) is 5.39 Å². The Morgan fingerprint density at radius 2 is 1.95 bits per heavy atom. The number of ether oxygens (including phenoxy) is 3. The molecule has 0 bridgehead atoms. The first kappa shape index (κ1) is 15.2. The molecular weight excluding hydrogens is 272 g/mol. The van der Waals surface area contributed by atoms with Crippen molar-refractivity contribution in [3.05, 3.63) is 36.0 Å². The van der Waals surface area contributed by atoms with Crippen LogP contribution in [-0.4, -0.2) is 44.5 Å². The molecule has 0 aliphatic carbocycles. The number of fused-ring (bicyclic) bond motifs is 1. The highest BCUT2D eigenvalue weighted by atomic mass is 16.6. The number of carbonyl (C=O) groups excluding carboxylic acids is 1. The molecule has 0 unspecified atom stereocenters. The highest BCUT2D eigenvalue weighted by Gasteiger charge is 2.11. The van der Waals surface area contributed by atoms with Crippen LogP contribution in [0.15, 0.2) is 30.3 Å². The van der Waals surface area contributed by atoms with Gasteiger partial charge in [-0.3, -0.25) is 0 Å². The van der Waals surface area contributed by atoms with Crippen LogP contribution in [0.5, 0.6) is 0 Å². The number of anilines is 1. The Hall–Kier alpha value is -2.18. The van der Waals surface area contributed by atoms with Gasteiger partial charge in [-0.1, -0.05) is 18.2 Å². The number of nitrogens with two attached hydrogens (primary N) is 1. The van der Waals surface area contributed by atoms with Crippen molar-refractivity contribution >= 4 is 22.6 Å². The van der Waals surface area contributed by atoms with Crippen LogP contribution >= 0.6 is 0 Å². The summed E-state index contributed by atoms with van der Waals surface area (Å²) in [5, 5.41) is 0.817. The van der Waals surface area contributed by atoms with Crippen LogP contribution in [0, 0.1) is 0 Å². The minimum Gasteiger partial charge on any atom is -0.459 e. The molecule has 0 aliphatic rings. The summed E-state index contributed by atoms with van der Waals surface area (Å²) in [6.07, 6.45) is 0. The van der Waals surface area contributed by atoms with E-state index in [1.807, 2.05) is 18.2 Å². The van der Waals surface area contributed by atoms with Crippen LogP contribution in [-0.2, 0) is 14.2 Å². The second-order valence-electron chi connectivity index (χ2n) is 4.35. The molecule has 0 radical (unpaired) electrons. The first-order valence-electron chi connectivity index (χ1n) is 6.61. The molecule has 112 valence electrons. The number of esters is 1. The van der Waals surface area contributed by atoms with Crippen molar-refractivity contribution in [2.45, 2.75) is 0 Å². The number of benzene rings is 1. The summed E-state index contributed by atoms with van der Waals surface area (Å²) >= 11 is 0. The third kappa shape index (κ3) is 4.14. The Balaban J connectivity index is 1.93. The number of aromatic nitrogens is 1. The second kappa shape index (κ2) is 7.56. The fraction of sp³-hybridized carbons (Fsp3) is 0.333. The van der Waals surface area contributed by atoms with Crippen LogP contribution < -0.4 is 5.73 Å². The van der Waals surface area contributed by atoms with Gasteiger partial charge in [-0.2, -0.15) is 0 Å². The summed E-state index contributed by atoms with van der Waals surface area (Å²) in [4.78, 5) is 16.2. The van der Waals surface area contributed by atoms with E-state index in [9.17, 15) is 4.79 Å². The molecule has 0 saturated carbocycles. The van der Waals surface area contributed by atoms with Crippen LogP contribution in [0.3, 0.4) is 0 Å². The average Bonchev–Trinajstić information content (AvgIpc) is 2.50. The number of para-hydroxylation sites is 1. The van der Waals surface area contributed by atoms with Gasteiger partial charge in [0.05, 0.1) is 25.3 Å². The van der Waals surface area contributed by atoms with E-state index in [-0.39, 0.29) is 12.3 Å². The van der Waals surface area contributed by atoms with E-state index < -0.39 is 5.97 Å². The maximum absolute atomic E-state index is 11.9. The highest BCUT2D eigenvalue weighted by molar-refractivity contribution is 5.96. The molecule has 1 aromatic carbocycles. The van der Waals surface area contributed by atoms with Crippen molar-refractivity contribution in [3.63, 3.8) is 0 Å². The summed E-state index contributed by atoms with van der Waals surface area (Å²) in [7, 11) is 1.60. The van der Waals surface area contributed by atoms with Crippen LogP contribution in [0.4, 0.5) is 5.69 Å². The zero-order valence-corrected chi connectivity index (χ0v) is 11.9. The van der Waals surface area contributed by atoms with Gasteiger partial charge in [-0.15, -0.1) is 0 Å². The molecule has 0 atom stereocenters. The summed E-state index contributed by atoms with van der Waals surface area (Å²) in [6, 6.07) is 8.90. The third-order valence-electron chi connectivity index (χ3n) is 2.85. The van der Waals surface area contributed by atoms with Crippen LogP contribution in [0.1, 0.15) is 10.5 Å². The summed E-state index contributed by atoms with van der Waals surface area (Å²) < 4.78 is 15.1. The Morgan fingerprint density at radius 1 is 1.19 bits per heavy atom. The van der Waals surface area contributed by atoms with Crippen molar-refractivity contribution in [2.24, 2.45) is 0 Å². The molecule has 21 heavy (non-hydrogen) atoms. The summed E-state index contributed by atoms with van der Waals surface area (Å²) in [6.45, 7) is 1.46. The van der Waals surface area contributed by atoms with E-state index in [1.54, 1.807) is 13.2 Å². The molecule has 0 aliphatic heterocycles. The maximum Gasteiger partial charge on any atom is 0.357 e. The normalized spacial score (nSPS) is 10.7. The molecule has 0 spiro atoms. The largest absolute Gasteiger partial charge is 0.459 e. The molecule has 0 saturated heterocycles. The number of methoxy groups -OCH3 is 1. The SMILES string of the molecule is COCCOCCOC(=O)c1cc(N)c2ccccc2n1. The lowest BCUT2D eigenvalue weighted by Gasteiger charge is -2.07. The van der Waals surface area contributed by atoms with Crippen LogP contribution in [0.25, 0.3) is 10.9 Å². The van der Waals surface area contributed by atoms with Crippen molar-refractivity contribution in [2.75, 3.05) is 39.3 Å². The molecule has 6 nitrogen and oxygen atoms in total. The molecule has 1 aromatic heterocycles. The Morgan fingerprint density at radius 3 is 2.76 bits per heavy atom. The minimum absolute atomic E-state index is 0.164. The molecule has 2 aromatic rings. The molecule has 6 heteroatoms. The van der Waals surface area contributed by atoms with E-state index in [4.69, 9.17) is 19.9 Å². The summed E-state index contributed by atoms with van der Waals surface area (Å²) in [5.41, 5.74) is 7.29. The maximum atomic E-state index is 11.9. The van der Waals surface area contributed by atoms with E-state index in [1.165, 1.54) is 6.07 Å². The third-order valence-corrected chi connectivity index (χ3v) is 2.85. The number of nitrogen functional groups attached to an aromatic ring is 1. The van der Waals surface area contributed by atoms with Gasteiger partial charge in [-0.25, -0.2) is 9.78 Å². The first-order chi connectivity index (χ1) is 10.2. The molecule has 2 rings (SSSR count). The summed E-state index contributed by atoms with van der Waals surface area (Å²) in [5.74, 6) is -0.511. The topological polar surface area (TPSA) is 83.7 Å². The fourth-order valence-corrected chi connectivity index (χ4v) is 1.82. The quantitative estimate of drug-likeness (QED) is 0.616. The Labute approximate surface area is 122 Å². The predicted molar refractivity (Wildman–Crippen MR) is 79.1 cm³/mol. The highest BCUT2D eigenvalue weighted by Crippen LogP contribution is 2.20. The molecule has 0 fully saturated rings. The number of rotatable bonds is 7. The van der Waals surface area contributed by atoms with Crippen LogP contribution in [0.2, 0.25) is 0 Å². The number of hydrogen-bond donors (Lipinski definition) is 1. The van der Waals surface area contributed by atoms with Crippen molar-refractivity contribution < 1.29 is 19.0 Å².